The van der Waals surface area contributed by atoms with Gasteiger partial charge in [-0.15, -0.1) is 0 Å². The summed E-state index contributed by atoms with van der Waals surface area (Å²) >= 11 is 11.7. The minimum atomic E-state index is -0.669. The van der Waals surface area contributed by atoms with Crippen molar-refractivity contribution in [3.8, 4) is 5.75 Å². The number of para-hydroxylation sites is 2. The highest BCUT2D eigenvalue weighted by atomic mass is 35.5. The lowest BCUT2D eigenvalue weighted by atomic mass is 10.1. The van der Waals surface area contributed by atoms with E-state index in [-0.39, 0.29) is 27.3 Å². The number of rotatable bonds is 2. The summed E-state index contributed by atoms with van der Waals surface area (Å²) in [5, 5.41) is 9.94. The quantitative estimate of drug-likeness (QED) is 0.819. The predicted octanol–water partition coefficient (Wildman–Crippen LogP) is 3.80. The maximum atomic E-state index is 13.6. The lowest BCUT2D eigenvalue weighted by Gasteiger charge is -2.36. The summed E-state index contributed by atoms with van der Waals surface area (Å²) in [6, 6.07) is 9.38. The van der Waals surface area contributed by atoms with Crippen LogP contribution < -0.4 is 4.90 Å². The molecule has 2 aromatic carbocycles. The van der Waals surface area contributed by atoms with Crippen molar-refractivity contribution in [1.82, 2.24) is 4.90 Å². The van der Waals surface area contributed by atoms with Crippen LogP contribution in [0.3, 0.4) is 0 Å². The van der Waals surface area contributed by atoms with E-state index in [1.807, 2.05) is 17.0 Å². The zero-order valence-electron chi connectivity index (χ0n) is 12.7. The highest BCUT2D eigenvalue weighted by Crippen LogP contribution is 2.29. The molecule has 3 rings (SSSR count). The summed E-state index contributed by atoms with van der Waals surface area (Å²) in [6.07, 6.45) is 0. The molecule has 0 aliphatic carbocycles. The van der Waals surface area contributed by atoms with Gasteiger partial charge in [0.15, 0.2) is 0 Å². The van der Waals surface area contributed by atoms with E-state index in [4.69, 9.17) is 23.2 Å². The Bertz CT molecular complexity index is 777. The summed E-state index contributed by atoms with van der Waals surface area (Å²) < 4.78 is 13.6. The number of carbonyl (C=O) groups is 1. The number of phenols is 1. The van der Waals surface area contributed by atoms with Gasteiger partial charge in [-0.2, -0.15) is 0 Å². The normalized spacial score (nSPS) is 14.8. The van der Waals surface area contributed by atoms with Gasteiger partial charge in [-0.3, -0.25) is 4.79 Å². The van der Waals surface area contributed by atoms with Crippen LogP contribution in [0.1, 0.15) is 10.4 Å². The second-order valence-corrected chi connectivity index (χ2v) is 6.33. The number of hydrogen-bond donors (Lipinski definition) is 1. The molecule has 1 heterocycles. The molecule has 0 atom stereocenters. The number of hydrogen-bond acceptors (Lipinski definition) is 3. The third-order valence-corrected chi connectivity index (χ3v) is 4.63. The Kier molecular flexibility index (Phi) is 4.83. The van der Waals surface area contributed by atoms with Gasteiger partial charge >= 0.3 is 0 Å². The molecule has 0 spiro atoms. The van der Waals surface area contributed by atoms with Crippen molar-refractivity contribution >= 4 is 34.8 Å². The number of anilines is 1. The topological polar surface area (TPSA) is 43.8 Å². The minimum absolute atomic E-state index is 0.106. The van der Waals surface area contributed by atoms with Gasteiger partial charge in [0.05, 0.1) is 21.3 Å². The van der Waals surface area contributed by atoms with E-state index in [0.717, 1.165) is 11.8 Å². The second kappa shape index (κ2) is 6.87. The van der Waals surface area contributed by atoms with E-state index in [1.165, 1.54) is 6.07 Å². The monoisotopic (exact) mass is 368 g/mol. The number of halogens is 3. The molecule has 0 saturated carbocycles. The predicted molar refractivity (Wildman–Crippen MR) is 92.6 cm³/mol. The van der Waals surface area contributed by atoms with Crippen molar-refractivity contribution in [2.24, 2.45) is 0 Å². The Hall–Kier alpha value is -1.98. The van der Waals surface area contributed by atoms with E-state index in [1.54, 1.807) is 17.0 Å². The molecular weight excluding hydrogens is 354 g/mol. The summed E-state index contributed by atoms with van der Waals surface area (Å²) in [4.78, 5) is 16.2. The SMILES string of the molecule is O=C(c1cc(F)c(Cl)cc1Cl)N1CCN(c2ccccc2O)CC1. The molecule has 24 heavy (non-hydrogen) atoms. The Morgan fingerprint density at radius 1 is 1.04 bits per heavy atom. The van der Waals surface area contributed by atoms with Gasteiger partial charge in [0.1, 0.15) is 11.6 Å². The molecule has 4 nitrogen and oxygen atoms in total. The fourth-order valence-electron chi connectivity index (χ4n) is 2.74. The highest BCUT2D eigenvalue weighted by molar-refractivity contribution is 6.36. The average molecular weight is 369 g/mol. The molecule has 0 bridgehead atoms. The molecule has 0 radical (unpaired) electrons. The molecule has 2 aromatic rings. The van der Waals surface area contributed by atoms with Crippen LogP contribution >= 0.6 is 23.2 Å². The number of piperazine rings is 1. The number of amides is 1. The Morgan fingerprint density at radius 3 is 2.38 bits per heavy atom. The Balaban J connectivity index is 1.72. The molecule has 1 fully saturated rings. The molecule has 126 valence electrons. The number of phenolic OH excluding ortho intramolecular Hbond substituents is 1. The zero-order valence-corrected chi connectivity index (χ0v) is 14.2. The fourth-order valence-corrected chi connectivity index (χ4v) is 3.20. The smallest absolute Gasteiger partial charge is 0.255 e. The van der Waals surface area contributed by atoms with Crippen molar-refractivity contribution in [1.29, 1.82) is 0 Å². The molecule has 1 aliphatic heterocycles. The first-order chi connectivity index (χ1) is 11.5. The maximum absolute atomic E-state index is 13.6. The molecule has 0 aromatic heterocycles. The van der Waals surface area contributed by atoms with E-state index in [0.29, 0.717) is 26.2 Å². The van der Waals surface area contributed by atoms with Gasteiger partial charge in [0.2, 0.25) is 0 Å². The molecule has 1 aliphatic rings. The van der Waals surface area contributed by atoms with Crippen LogP contribution in [-0.4, -0.2) is 42.1 Å². The Labute approximate surface area is 149 Å². The molecule has 1 N–H and O–H groups in total. The van der Waals surface area contributed by atoms with E-state index in [9.17, 15) is 14.3 Å². The third-order valence-electron chi connectivity index (χ3n) is 4.03. The molecular formula is C17H15Cl2FN2O2. The molecule has 1 saturated heterocycles. The Morgan fingerprint density at radius 2 is 1.71 bits per heavy atom. The van der Waals surface area contributed by atoms with Crippen LogP contribution in [0.15, 0.2) is 36.4 Å². The lowest BCUT2D eigenvalue weighted by molar-refractivity contribution is 0.0746. The van der Waals surface area contributed by atoms with Crippen LogP contribution in [-0.2, 0) is 0 Å². The number of benzene rings is 2. The van der Waals surface area contributed by atoms with Crippen molar-refractivity contribution in [2.75, 3.05) is 31.1 Å². The summed E-state index contributed by atoms with van der Waals surface area (Å²) in [6.45, 7) is 2.04. The van der Waals surface area contributed by atoms with Crippen LogP contribution in [0.4, 0.5) is 10.1 Å². The molecule has 1 amide bonds. The molecule has 0 unspecified atom stereocenters. The van der Waals surface area contributed by atoms with Gasteiger partial charge in [-0.25, -0.2) is 4.39 Å². The van der Waals surface area contributed by atoms with Crippen LogP contribution in [0.5, 0.6) is 5.75 Å². The van der Waals surface area contributed by atoms with E-state index in [2.05, 4.69) is 0 Å². The van der Waals surface area contributed by atoms with Crippen LogP contribution in [0.25, 0.3) is 0 Å². The van der Waals surface area contributed by atoms with Gasteiger partial charge in [-0.05, 0) is 24.3 Å². The van der Waals surface area contributed by atoms with Gasteiger partial charge in [0, 0.05) is 26.2 Å². The first-order valence-corrected chi connectivity index (χ1v) is 8.19. The average Bonchev–Trinajstić information content (AvgIpc) is 2.58. The van der Waals surface area contributed by atoms with E-state index < -0.39 is 5.82 Å². The molecule has 7 heteroatoms. The minimum Gasteiger partial charge on any atom is -0.506 e. The van der Waals surface area contributed by atoms with Crippen molar-refractivity contribution in [2.45, 2.75) is 0 Å². The maximum Gasteiger partial charge on any atom is 0.255 e. The van der Waals surface area contributed by atoms with Crippen molar-refractivity contribution < 1.29 is 14.3 Å². The second-order valence-electron chi connectivity index (χ2n) is 5.51. The van der Waals surface area contributed by atoms with E-state index >= 15 is 0 Å². The summed E-state index contributed by atoms with van der Waals surface area (Å²) in [5.41, 5.74) is 0.842. The zero-order chi connectivity index (χ0) is 17.3. The van der Waals surface area contributed by atoms with Gasteiger partial charge in [-0.1, -0.05) is 35.3 Å². The standard InChI is InChI=1S/C17H15Cl2FN2O2/c18-12-10-13(19)14(20)9-11(12)17(24)22-7-5-21(6-8-22)15-3-1-2-4-16(15)23/h1-4,9-10,23H,5-8H2. The lowest BCUT2D eigenvalue weighted by Crippen LogP contribution is -2.48. The number of aromatic hydroxyl groups is 1. The largest absolute Gasteiger partial charge is 0.506 e. The fraction of sp³-hybridized carbons (Fsp3) is 0.235. The number of carbonyl (C=O) groups excluding carboxylic acids is 1. The van der Waals surface area contributed by atoms with Crippen LogP contribution in [0.2, 0.25) is 10.0 Å². The highest BCUT2D eigenvalue weighted by Gasteiger charge is 2.25. The summed E-state index contributed by atoms with van der Waals surface area (Å²) in [5.74, 6) is -0.787. The number of nitrogens with zero attached hydrogens (tertiary/aromatic N) is 2. The van der Waals surface area contributed by atoms with Crippen molar-refractivity contribution in [3.05, 3.63) is 57.8 Å². The summed E-state index contributed by atoms with van der Waals surface area (Å²) in [7, 11) is 0. The first-order valence-electron chi connectivity index (χ1n) is 7.44. The first kappa shape index (κ1) is 16.9. The van der Waals surface area contributed by atoms with Crippen LogP contribution in [0, 0.1) is 5.82 Å². The van der Waals surface area contributed by atoms with Gasteiger partial charge < -0.3 is 14.9 Å². The van der Waals surface area contributed by atoms with Gasteiger partial charge in [0.25, 0.3) is 5.91 Å². The van der Waals surface area contributed by atoms with Crippen molar-refractivity contribution in [3.63, 3.8) is 0 Å². The third kappa shape index (κ3) is 3.28.